The first kappa shape index (κ1) is 77.0. The Labute approximate surface area is 570 Å². The van der Waals surface area contributed by atoms with E-state index in [1.165, 1.54) is 88.0 Å². The number of nitrogens with one attached hydrogen (secondary N) is 3. The van der Waals surface area contributed by atoms with E-state index in [1.807, 2.05) is 6.92 Å². The summed E-state index contributed by atoms with van der Waals surface area (Å²) < 4.78 is 41.1. The molecule has 6 fully saturated rings. The van der Waals surface area contributed by atoms with Crippen molar-refractivity contribution in [2.75, 3.05) is 88.6 Å². The maximum absolute atomic E-state index is 15.7. The molecule has 24 nitrogen and oxygen atoms in total. The number of fused-ring (bicyclic) bond motifs is 1. The molecule has 6 aliphatic rings. The van der Waals surface area contributed by atoms with Gasteiger partial charge in [-0.3, -0.25) is 57.5 Å². The summed E-state index contributed by atoms with van der Waals surface area (Å²) >= 11 is 0. The number of hydrogen-bond donors (Lipinski definition) is 3. The molecule has 0 bridgehead atoms. The van der Waals surface area contributed by atoms with Crippen LogP contribution in [0.4, 0.5) is 13.2 Å². The smallest absolute Gasteiger partial charge is 0.343 e. The molecule has 3 heterocycles. The van der Waals surface area contributed by atoms with Gasteiger partial charge in [0, 0.05) is 69.0 Å². The molecule has 0 unspecified atom stereocenters. The Morgan fingerprint density at radius 1 is 0.598 bits per heavy atom. The fraction of sp³-hybridized carbons (Fsp3) is 0.743. The minimum absolute atomic E-state index is 0.00471. The normalized spacial score (nSPS) is 27.3. The van der Waals surface area contributed by atoms with Crippen LogP contribution in [0.15, 0.2) is 24.3 Å². The third kappa shape index (κ3) is 19.3. The second-order valence-corrected chi connectivity index (χ2v) is 28.6. The Kier molecular flexibility index (Phi) is 27.3. The van der Waals surface area contributed by atoms with E-state index in [4.69, 9.17) is 0 Å². The first-order valence-corrected chi connectivity index (χ1v) is 35.4. The summed E-state index contributed by atoms with van der Waals surface area (Å²) in [5.41, 5.74) is -2.01. The van der Waals surface area contributed by atoms with E-state index in [0.717, 1.165) is 89.5 Å². The third-order valence-corrected chi connectivity index (χ3v) is 21.8. The first-order chi connectivity index (χ1) is 45.9. The van der Waals surface area contributed by atoms with Crippen LogP contribution in [-0.2, 0) is 70.1 Å². The highest BCUT2D eigenvalue weighted by atomic mass is 19.4. The third-order valence-electron chi connectivity index (χ3n) is 21.8. The van der Waals surface area contributed by atoms with Gasteiger partial charge in [0.25, 0.3) is 0 Å². The van der Waals surface area contributed by atoms with E-state index in [0.29, 0.717) is 70.0 Å². The van der Waals surface area contributed by atoms with E-state index in [2.05, 4.69) is 16.0 Å². The number of likely N-dealkylation sites (N-methyl/N-ethyl adjacent to an activating group) is 7. The number of aryl methyl sites for hydroxylation is 1. The molecule has 1 aromatic carbocycles. The number of nitrogens with zero attached hydrogens (tertiary/aromatic N) is 9. The van der Waals surface area contributed by atoms with Gasteiger partial charge in [0.1, 0.15) is 47.8 Å². The maximum Gasteiger partial charge on any atom is 0.416 e. The van der Waals surface area contributed by atoms with E-state index < -0.39 is 162 Å². The van der Waals surface area contributed by atoms with Gasteiger partial charge in [-0.05, 0) is 119 Å². The lowest BCUT2D eigenvalue weighted by Crippen LogP contribution is -2.65. The Bertz CT molecular complexity index is 2980. The summed E-state index contributed by atoms with van der Waals surface area (Å²) in [5, 5.41) is 8.68. The highest BCUT2D eigenvalue weighted by molar-refractivity contribution is 6.00. The van der Waals surface area contributed by atoms with E-state index in [-0.39, 0.29) is 56.9 Å². The molecule has 540 valence electrons. The Balaban J connectivity index is 1.26. The van der Waals surface area contributed by atoms with Crippen molar-refractivity contribution in [2.24, 2.45) is 17.8 Å². The minimum atomic E-state index is -4.61. The van der Waals surface area contributed by atoms with Crippen molar-refractivity contribution >= 4 is 70.9 Å². The number of carbonyl (C=O) groups excluding carboxylic acids is 12. The van der Waals surface area contributed by atoms with E-state index >= 15 is 19.2 Å². The van der Waals surface area contributed by atoms with Gasteiger partial charge >= 0.3 is 6.18 Å². The van der Waals surface area contributed by atoms with Crippen molar-refractivity contribution in [1.82, 2.24) is 60.0 Å². The summed E-state index contributed by atoms with van der Waals surface area (Å²) in [7, 11) is 9.96. The van der Waals surface area contributed by atoms with E-state index in [1.54, 1.807) is 11.8 Å². The van der Waals surface area contributed by atoms with Crippen molar-refractivity contribution in [3.05, 3.63) is 35.4 Å². The average Bonchev–Trinajstić information content (AvgIpc) is 1.76. The molecule has 8 atom stereocenters. The largest absolute Gasteiger partial charge is 0.416 e. The summed E-state index contributed by atoms with van der Waals surface area (Å²) in [6, 6.07) is -4.19. The Morgan fingerprint density at radius 2 is 1.19 bits per heavy atom. The number of likely N-dealkylation sites (tertiary alicyclic amines) is 1. The number of hydrogen-bond acceptors (Lipinski definition) is 12. The molecule has 3 N–H and O–H groups in total. The van der Waals surface area contributed by atoms with Crippen LogP contribution in [0.5, 0.6) is 0 Å². The van der Waals surface area contributed by atoms with Crippen LogP contribution in [0.25, 0.3) is 0 Å². The molecule has 0 aromatic heterocycles. The molecule has 7 rings (SSSR count). The Hall–Kier alpha value is -7.35. The topological polar surface area (TPSA) is 270 Å². The van der Waals surface area contributed by atoms with Gasteiger partial charge in [0.05, 0.1) is 31.6 Å². The number of carbonyl (C=O) groups is 12. The zero-order chi connectivity index (χ0) is 71.2. The monoisotopic (exact) mass is 1360 g/mol. The van der Waals surface area contributed by atoms with Crippen LogP contribution in [0.2, 0.25) is 0 Å². The van der Waals surface area contributed by atoms with Crippen LogP contribution >= 0.6 is 0 Å². The summed E-state index contributed by atoms with van der Waals surface area (Å²) in [4.78, 5) is 189. The SMILES string of the molecule is CC[C@H](C)[C@@H]1NC(=O)[C@H](C)N(C)C(=O)C[C@@H](C(=O)N2CCCCC2)N(C)C(=O)[C@H](C2CCCCC2)N(C)C(=O)C2(CCCC2)NC(=O)[C@@H]2CCCN2C(=O)[C@H](CCc2ccc(C(F)(F)F)cc2)NC(=O)CN(C)C(=O)[C@H](CC2CCCCC2)N(C)C(=O)CN(C)C(=O)CN(C)C1=O. The molecule has 3 saturated heterocycles. The molecular formula is C70H107F3N12O12. The van der Waals surface area contributed by atoms with Crippen LogP contribution in [0.3, 0.4) is 0 Å². The molecule has 1 spiro atoms. The summed E-state index contributed by atoms with van der Waals surface area (Å²) in [6.45, 7) is 4.24. The number of halogens is 3. The summed E-state index contributed by atoms with van der Waals surface area (Å²) in [6.07, 6.45) is 7.48. The number of alkyl halides is 3. The van der Waals surface area contributed by atoms with Gasteiger partial charge < -0.3 is 60.0 Å². The lowest BCUT2D eigenvalue weighted by atomic mass is 9.81. The molecule has 97 heavy (non-hydrogen) atoms. The van der Waals surface area contributed by atoms with Crippen LogP contribution in [0.1, 0.15) is 180 Å². The van der Waals surface area contributed by atoms with Gasteiger partial charge in [-0.15, -0.1) is 0 Å². The highest BCUT2D eigenvalue weighted by Gasteiger charge is 2.51. The number of piperidine rings is 1. The van der Waals surface area contributed by atoms with Gasteiger partial charge in [-0.1, -0.05) is 96.6 Å². The number of amides is 12. The van der Waals surface area contributed by atoms with Gasteiger partial charge in [-0.2, -0.15) is 13.2 Å². The lowest BCUT2D eigenvalue weighted by molar-refractivity contribution is -0.157. The van der Waals surface area contributed by atoms with Gasteiger partial charge in [0.15, 0.2) is 0 Å². The van der Waals surface area contributed by atoms with E-state index in [9.17, 15) is 51.5 Å². The van der Waals surface area contributed by atoms with Crippen molar-refractivity contribution in [1.29, 1.82) is 0 Å². The maximum atomic E-state index is 15.7. The zero-order valence-electron chi connectivity index (χ0n) is 58.9. The van der Waals surface area contributed by atoms with Gasteiger partial charge in [-0.25, -0.2) is 0 Å². The number of benzene rings is 1. The van der Waals surface area contributed by atoms with Crippen LogP contribution < -0.4 is 16.0 Å². The fourth-order valence-electron chi connectivity index (χ4n) is 15.1. The Morgan fingerprint density at radius 3 is 1.79 bits per heavy atom. The second-order valence-electron chi connectivity index (χ2n) is 28.6. The molecule has 3 aliphatic heterocycles. The fourth-order valence-corrected chi connectivity index (χ4v) is 15.1. The number of rotatable bonds is 9. The molecule has 1 aromatic rings. The molecule has 3 saturated carbocycles. The predicted octanol–water partition coefficient (Wildman–Crippen LogP) is 4.74. The molecule has 0 radical (unpaired) electrons. The quantitative estimate of drug-likeness (QED) is 0.303. The van der Waals surface area contributed by atoms with Crippen LogP contribution in [0, 0.1) is 17.8 Å². The zero-order valence-corrected chi connectivity index (χ0v) is 58.9. The minimum Gasteiger partial charge on any atom is -0.343 e. The first-order valence-electron chi connectivity index (χ1n) is 35.4. The average molecular weight is 1370 g/mol. The lowest BCUT2D eigenvalue weighted by Gasteiger charge is -2.43. The molecular weight excluding hydrogens is 1260 g/mol. The van der Waals surface area contributed by atoms with Crippen molar-refractivity contribution in [3.8, 4) is 0 Å². The van der Waals surface area contributed by atoms with Gasteiger partial charge in [0.2, 0.25) is 70.9 Å². The standard InChI is InChI=1S/C70H107F3N12O12/c1-11-45(2)59-66(95)79(6)43-57(88)77(4)44-58(89)81(8)53(40-48-24-15-12-16-25-48)64(93)78(5)42-55(86)74-51(34-31-47-29-32-50(33-30-47)70(71,72)73)63(92)85-39-23-28-52(85)62(91)76-69(35-19-20-36-69)68(97)83(10)60(49-26-17-13-18-27-49)67(96)82(9)54(65(94)84-37-21-14-22-38-84)41-56(87)80(7)46(3)61(90)75-59/h29-30,32-33,45-46,48-49,51-54,59-60H,11-28,31,34-44H2,1-10H3,(H,74,86)(H,75,90)(H,76,91)/t45-,46-,51-,52-,53-,54-,59-,60-/m0/s1. The molecule has 12 amide bonds. The predicted molar refractivity (Wildman–Crippen MR) is 355 cm³/mol. The van der Waals surface area contributed by atoms with Crippen molar-refractivity contribution in [2.45, 2.75) is 229 Å². The highest BCUT2D eigenvalue weighted by Crippen LogP contribution is 2.37. The van der Waals surface area contributed by atoms with Crippen molar-refractivity contribution < 1.29 is 70.7 Å². The van der Waals surface area contributed by atoms with Crippen molar-refractivity contribution in [3.63, 3.8) is 0 Å². The van der Waals surface area contributed by atoms with Crippen LogP contribution in [-0.4, -0.2) is 251 Å². The second kappa shape index (κ2) is 34.4. The molecule has 3 aliphatic carbocycles. The molecule has 27 heteroatoms. The summed E-state index contributed by atoms with van der Waals surface area (Å²) in [5.74, 6) is -8.44.